The minimum absolute atomic E-state index is 0.182. The van der Waals surface area contributed by atoms with E-state index in [9.17, 15) is 4.79 Å². The minimum atomic E-state index is -1.15. The summed E-state index contributed by atoms with van der Waals surface area (Å²) in [6.45, 7) is 0. The lowest BCUT2D eigenvalue weighted by atomic mass is 10.3. The van der Waals surface area contributed by atoms with Crippen molar-refractivity contribution in [1.82, 2.24) is 4.98 Å². The molecule has 12 heavy (non-hydrogen) atoms. The van der Waals surface area contributed by atoms with Crippen LogP contribution in [-0.4, -0.2) is 28.9 Å². The molecule has 0 radical (unpaired) electrons. The van der Waals surface area contributed by atoms with Crippen molar-refractivity contribution in [3.8, 4) is 0 Å². The van der Waals surface area contributed by atoms with Crippen molar-refractivity contribution in [2.75, 3.05) is 7.11 Å². The Hall–Kier alpha value is -1.43. The highest BCUT2D eigenvalue weighted by atomic mass is 32.1. The number of thiazole rings is 1. The molecule has 6 heteroatoms. The predicted molar refractivity (Wildman–Crippen MR) is 43.3 cm³/mol. The van der Waals surface area contributed by atoms with Crippen LogP contribution in [-0.2, 0) is 9.63 Å². The summed E-state index contributed by atoms with van der Waals surface area (Å²) in [7, 11) is 1.29. The Bertz CT molecular complexity index is 294. The summed E-state index contributed by atoms with van der Waals surface area (Å²) in [4.78, 5) is 18.7. The third-order valence-corrected chi connectivity index (χ3v) is 1.65. The zero-order valence-corrected chi connectivity index (χ0v) is 7.04. The highest BCUT2D eigenvalue weighted by Gasteiger charge is 2.14. The monoisotopic (exact) mass is 186 g/mol. The van der Waals surface area contributed by atoms with Crippen molar-refractivity contribution in [2.45, 2.75) is 0 Å². The van der Waals surface area contributed by atoms with Crippen LogP contribution in [0.3, 0.4) is 0 Å². The second-order valence-electron chi connectivity index (χ2n) is 1.80. The van der Waals surface area contributed by atoms with E-state index in [1.807, 2.05) is 0 Å². The van der Waals surface area contributed by atoms with Gasteiger partial charge in [-0.2, -0.15) is 0 Å². The molecule has 0 aliphatic carbocycles. The van der Waals surface area contributed by atoms with Crippen LogP contribution < -0.4 is 0 Å². The van der Waals surface area contributed by atoms with Gasteiger partial charge in [-0.15, -0.1) is 11.3 Å². The Kier molecular flexibility index (Phi) is 2.76. The fraction of sp³-hybridized carbons (Fsp3) is 0.167. The van der Waals surface area contributed by atoms with Gasteiger partial charge in [-0.1, -0.05) is 5.16 Å². The highest BCUT2D eigenvalue weighted by molar-refractivity contribution is 7.07. The predicted octanol–water partition coefficient (Wildman–Crippen LogP) is 0.578. The minimum Gasteiger partial charge on any atom is -0.476 e. The summed E-state index contributed by atoms with van der Waals surface area (Å²) in [5, 5.41) is 13.5. The normalized spacial score (nSPS) is 11.2. The summed E-state index contributed by atoms with van der Waals surface area (Å²) in [6.07, 6.45) is 0. The summed E-state index contributed by atoms with van der Waals surface area (Å²) in [5.41, 5.74) is 1.66. The molecule has 0 unspecified atom stereocenters. The third-order valence-electron chi connectivity index (χ3n) is 1.06. The number of carboxylic acids is 1. The van der Waals surface area contributed by atoms with Crippen LogP contribution in [0.2, 0.25) is 0 Å². The third kappa shape index (κ3) is 1.79. The maximum atomic E-state index is 10.5. The lowest BCUT2D eigenvalue weighted by Gasteiger charge is -1.93. The van der Waals surface area contributed by atoms with E-state index in [4.69, 9.17) is 5.11 Å². The number of oxime groups is 1. The van der Waals surface area contributed by atoms with Gasteiger partial charge >= 0.3 is 5.97 Å². The van der Waals surface area contributed by atoms with Gasteiger partial charge in [0.05, 0.1) is 5.51 Å². The Morgan fingerprint density at radius 1 is 1.83 bits per heavy atom. The molecule has 0 fully saturated rings. The number of hydrogen-bond donors (Lipinski definition) is 1. The molecule has 0 saturated heterocycles. The molecule has 1 aromatic rings. The number of carboxylic acid groups (broad SMARTS) is 1. The van der Waals surface area contributed by atoms with Crippen molar-refractivity contribution in [2.24, 2.45) is 5.16 Å². The van der Waals surface area contributed by atoms with Crippen LogP contribution in [0, 0.1) is 0 Å². The van der Waals surface area contributed by atoms with Crippen LogP contribution in [0.5, 0.6) is 0 Å². The largest absolute Gasteiger partial charge is 0.476 e. The van der Waals surface area contributed by atoms with Gasteiger partial charge in [0.2, 0.25) is 5.71 Å². The molecule has 0 saturated carbocycles. The molecule has 0 aliphatic rings. The summed E-state index contributed by atoms with van der Waals surface area (Å²) in [6, 6.07) is 0. The first-order chi connectivity index (χ1) is 5.75. The van der Waals surface area contributed by atoms with E-state index in [1.54, 1.807) is 5.38 Å². The van der Waals surface area contributed by atoms with Crippen molar-refractivity contribution in [1.29, 1.82) is 0 Å². The van der Waals surface area contributed by atoms with Crippen LogP contribution in [0.4, 0.5) is 0 Å². The molecular weight excluding hydrogens is 180 g/mol. The van der Waals surface area contributed by atoms with Crippen LogP contribution in [0.15, 0.2) is 16.0 Å². The fourth-order valence-electron chi connectivity index (χ4n) is 0.616. The zero-order chi connectivity index (χ0) is 8.97. The first kappa shape index (κ1) is 8.66. The number of aromatic nitrogens is 1. The molecule has 1 N–H and O–H groups in total. The number of nitrogens with zero attached hydrogens (tertiary/aromatic N) is 2. The molecular formula is C6H6N2O3S. The Morgan fingerprint density at radius 3 is 3.00 bits per heavy atom. The van der Waals surface area contributed by atoms with Crippen molar-refractivity contribution in [3.05, 3.63) is 16.6 Å². The molecule has 0 spiro atoms. The topological polar surface area (TPSA) is 71.8 Å². The molecule has 0 atom stereocenters. The second kappa shape index (κ2) is 3.82. The number of hydrogen-bond acceptors (Lipinski definition) is 5. The fourth-order valence-corrected chi connectivity index (χ4v) is 1.15. The lowest BCUT2D eigenvalue weighted by molar-refractivity contribution is -0.129. The van der Waals surface area contributed by atoms with Gasteiger partial charge in [0.1, 0.15) is 12.8 Å². The average molecular weight is 186 g/mol. The Labute approximate surface area is 72.3 Å². The van der Waals surface area contributed by atoms with Gasteiger partial charge in [-0.05, 0) is 0 Å². The molecule has 0 bridgehead atoms. The second-order valence-corrected chi connectivity index (χ2v) is 2.52. The summed E-state index contributed by atoms with van der Waals surface area (Å²) < 4.78 is 0. The van der Waals surface area contributed by atoms with Crippen molar-refractivity contribution >= 4 is 23.0 Å². The molecule has 0 aliphatic heterocycles. The molecule has 0 aromatic carbocycles. The number of aliphatic carboxylic acids is 1. The molecule has 1 rings (SSSR count). The maximum Gasteiger partial charge on any atom is 0.360 e. The van der Waals surface area contributed by atoms with Gasteiger partial charge in [0, 0.05) is 5.38 Å². The average Bonchev–Trinajstić information content (AvgIpc) is 2.51. The van der Waals surface area contributed by atoms with E-state index >= 15 is 0 Å². The van der Waals surface area contributed by atoms with Crippen LogP contribution >= 0.6 is 11.3 Å². The van der Waals surface area contributed by atoms with Gasteiger partial charge in [-0.25, -0.2) is 9.78 Å². The van der Waals surface area contributed by atoms with E-state index in [0.29, 0.717) is 5.69 Å². The maximum absolute atomic E-state index is 10.5. The molecule has 64 valence electrons. The first-order valence-corrected chi connectivity index (χ1v) is 3.93. The van der Waals surface area contributed by atoms with Crippen molar-refractivity contribution in [3.63, 3.8) is 0 Å². The quantitative estimate of drug-likeness (QED) is 0.553. The standard InChI is InChI=1S/C6H6N2O3S/c1-11-8-5(6(9)10)4-2-12-3-7-4/h2-3H,1H3,(H,9,10). The first-order valence-electron chi connectivity index (χ1n) is 2.98. The lowest BCUT2D eigenvalue weighted by Crippen LogP contribution is -2.15. The van der Waals surface area contributed by atoms with Crippen LogP contribution in [0.25, 0.3) is 0 Å². The van der Waals surface area contributed by atoms with E-state index in [0.717, 1.165) is 0 Å². The van der Waals surface area contributed by atoms with Gasteiger partial charge in [0.25, 0.3) is 0 Å². The molecule has 1 heterocycles. The van der Waals surface area contributed by atoms with Gasteiger partial charge < -0.3 is 9.94 Å². The number of rotatable bonds is 3. The number of carbonyl (C=O) groups is 1. The molecule has 1 aromatic heterocycles. The van der Waals surface area contributed by atoms with E-state index in [-0.39, 0.29) is 5.71 Å². The van der Waals surface area contributed by atoms with E-state index in [2.05, 4.69) is 15.0 Å². The molecule has 5 nitrogen and oxygen atoms in total. The summed E-state index contributed by atoms with van der Waals surface area (Å²) >= 11 is 1.30. The zero-order valence-electron chi connectivity index (χ0n) is 6.22. The molecule has 0 amide bonds. The SMILES string of the molecule is CON=C(C(=O)O)c1cscn1. The van der Waals surface area contributed by atoms with Crippen molar-refractivity contribution < 1.29 is 14.7 Å². The smallest absolute Gasteiger partial charge is 0.360 e. The van der Waals surface area contributed by atoms with E-state index in [1.165, 1.54) is 24.0 Å². The highest BCUT2D eigenvalue weighted by Crippen LogP contribution is 2.03. The van der Waals surface area contributed by atoms with Gasteiger partial charge in [0.15, 0.2) is 0 Å². The Morgan fingerprint density at radius 2 is 2.58 bits per heavy atom. The van der Waals surface area contributed by atoms with Gasteiger partial charge in [-0.3, -0.25) is 0 Å². The van der Waals surface area contributed by atoms with Crippen LogP contribution in [0.1, 0.15) is 5.69 Å². The summed E-state index contributed by atoms with van der Waals surface area (Å²) in [5.74, 6) is -1.15. The van der Waals surface area contributed by atoms with E-state index < -0.39 is 5.97 Å². The Balaban J connectivity index is 2.96.